The van der Waals surface area contributed by atoms with Gasteiger partial charge in [0.25, 0.3) is 0 Å². The highest BCUT2D eigenvalue weighted by Crippen LogP contribution is 2.10. The second kappa shape index (κ2) is 6.29. The summed E-state index contributed by atoms with van der Waals surface area (Å²) in [7, 11) is 0. The maximum atomic E-state index is 12.7. The topological polar surface area (TPSA) is 42.0 Å². The first-order chi connectivity index (χ1) is 9.15. The Bertz CT molecular complexity index is 555. The van der Waals surface area contributed by atoms with Gasteiger partial charge in [-0.3, -0.25) is 4.79 Å². The number of nitrogens with zero attached hydrogens (tertiary/aromatic N) is 1. The number of anilines is 1. The molecule has 2 rings (SSSR count). The molecule has 1 N–H and O–H groups in total. The summed E-state index contributed by atoms with van der Waals surface area (Å²) in [5.41, 5.74) is 1.31. The largest absolute Gasteiger partial charge is 0.383 e. The minimum Gasteiger partial charge on any atom is -0.383 e. The van der Waals surface area contributed by atoms with Crippen molar-refractivity contribution in [3.8, 4) is 0 Å². The lowest BCUT2D eigenvalue weighted by Crippen LogP contribution is -2.09. The Balaban J connectivity index is 1.84. The van der Waals surface area contributed by atoms with E-state index in [-0.39, 0.29) is 11.6 Å². The van der Waals surface area contributed by atoms with Gasteiger partial charge in [-0.2, -0.15) is 0 Å². The Hall–Kier alpha value is -1.94. The zero-order valence-electron chi connectivity index (χ0n) is 10.1. The van der Waals surface area contributed by atoms with Crippen molar-refractivity contribution < 1.29 is 9.18 Å². The minimum absolute atomic E-state index is 0.0329. The van der Waals surface area contributed by atoms with Crippen LogP contribution in [0, 0.1) is 5.82 Å². The Morgan fingerprint density at radius 3 is 2.58 bits per heavy atom. The van der Waals surface area contributed by atoms with Crippen LogP contribution >= 0.6 is 11.6 Å². The summed E-state index contributed by atoms with van der Waals surface area (Å²) < 4.78 is 12.7. The summed E-state index contributed by atoms with van der Waals surface area (Å²) >= 11 is 5.67. The van der Waals surface area contributed by atoms with Crippen LogP contribution in [-0.2, 0) is 0 Å². The van der Waals surface area contributed by atoms with E-state index in [0.29, 0.717) is 23.7 Å². The van der Waals surface area contributed by atoms with Gasteiger partial charge in [-0.05, 0) is 36.4 Å². The van der Waals surface area contributed by atoms with Crippen LogP contribution in [0.25, 0.3) is 0 Å². The van der Waals surface area contributed by atoms with E-state index in [1.165, 1.54) is 24.3 Å². The van der Waals surface area contributed by atoms with Gasteiger partial charge in [-0.1, -0.05) is 11.6 Å². The van der Waals surface area contributed by atoms with E-state index in [1.807, 2.05) is 0 Å². The molecule has 98 valence electrons. The molecular formula is C14H12ClFN2O. The summed E-state index contributed by atoms with van der Waals surface area (Å²) in [6, 6.07) is 9.00. The molecule has 2 aromatic rings. The van der Waals surface area contributed by atoms with Crippen LogP contribution in [-0.4, -0.2) is 17.3 Å². The second-order valence-corrected chi connectivity index (χ2v) is 4.36. The predicted octanol–water partition coefficient (Wildman–Crippen LogP) is 3.56. The molecule has 0 saturated heterocycles. The van der Waals surface area contributed by atoms with Crippen LogP contribution in [0.2, 0.25) is 5.15 Å². The van der Waals surface area contributed by atoms with Crippen molar-refractivity contribution in [3.63, 3.8) is 0 Å². The molecule has 0 spiro atoms. The molecule has 5 heteroatoms. The number of carbonyl (C=O) groups excluding carboxylic acids is 1. The fraction of sp³-hybridized carbons (Fsp3) is 0.143. The number of rotatable bonds is 5. The van der Waals surface area contributed by atoms with Crippen molar-refractivity contribution >= 4 is 23.1 Å². The molecule has 19 heavy (non-hydrogen) atoms. The van der Waals surface area contributed by atoms with Crippen molar-refractivity contribution in [3.05, 3.63) is 59.1 Å². The number of halogens is 2. The summed E-state index contributed by atoms with van der Waals surface area (Å²) in [5.74, 6) is -0.378. The Morgan fingerprint density at radius 2 is 1.95 bits per heavy atom. The number of pyridine rings is 1. The van der Waals surface area contributed by atoms with Crippen molar-refractivity contribution in [2.75, 3.05) is 11.9 Å². The third kappa shape index (κ3) is 4.03. The van der Waals surface area contributed by atoms with Crippen molar-refractivity contribution in [2.45, 2.75) is 6.42 Å². The van der Waals surface area contributed by atoms with Crippen LogP contribution in [0.15, 0.2) is 42.6 Å². The molecule has 1 aromatic heterocycles. The number of benzene rings is 1. The van der Waals surface area contributed by atoms with Crippen molar-refractivity contribution in [1.82, 2.24) is 4.98 Å². The van der Waals surface area contributed by atoms with E-state index in [4.69, 9.17) is 11.6 Å². The molecule has 0 aliphatic rings. The Labute approximate surface area is 115 Å². The summed E-state index contributed by atoms with van der Waals surface area (Å²) in [4.78, 5) is 15.7. The average molecular weight is 279 g/mol. The predicted molar refractivity (Wildman–Crippen MR) is 73.1 cm³/mol. The molecular weight excluding hydrogens is 267 g/mol. The summed E-state index contributed by atoms with van der Waals surface area (Å²) in [5, 5.41) is 3.49. The van der Waals surface area contributed by atoms with Gasteiger partial charge in [-0.15, -0.1) is 0 Å². The van der Waals surface area contributed by atoms with Gasteiger partial charge in [0, 0.05) is 18.5 Å². The number of hydrogen-bond acceptors (Lipinski definition) is 3. The van der Waals surface area contributed by atoms with Gasteiger partial charge >= 0.3 is 0 Å². The molecule has 3 nitrogen and oxygen atoms in total. The summed E-state index contributed by atoms with van der Waals surface area (Å²) in [6.45, 7) is 0.486. The van der Waals surface area contributed by atoms with Crippen LogP contribution in [0.3, 0.4) is 0 Å². The lowest BCUT2D eigenvalue weighted by molar-refractivity contribution is 0.0986. The molecule has 0 saturated carbocycles. The van der Waals surface area contributed by atoms with Crippen LogP contribution in [0.4, 0.5) is 10.1 Å². The zero-order chi connectivity index (χ0) is 13.7. The highest BCUT2D eigenvalue weighted by atomic mass is 35.5. The molecule has 0 aliphatic carbocycles. The average Bonchev–Trinajstić information content (AvgIpc) is 2.41. The highest BCUT2D eigenvalue weighted by Gasteiger charge is 2.05. The molecule has 1 heterocycles. The van der Waals surface area contributed by atoms with Crippen molar-refractivity contribution in [2.24, 2.45) is 0 Å². The molecule has 0 radical (unpaired) electrons. The van der Waals surface area contributed by atoms with E-state index in [9.17, 15) is 9.18 Å². The third-order valence-corrected chi connectivity index (χ3v) is 2.80. The molecule has 0 aliphatic heterocycles. The van der Waals surface area contributed by atoms with Gasteiger partial charge < -0.3 is 5.32 Å². The number of aromatic nitrogens is 1. The monoisotopic (exact) mass is 278 g/mol. The number of ketones is 1. The molecule has 0 bridgehead atoms. The van der Waals surface area contributed by atoms with E-state index in [1.54, 1.807) is 18.3 Å². The number of hydrogen-bond donors (Lipinski definition) is 1. The lowest BCUT2D eigenvalue weighted by atomic mass is 10.1. The van der Waals surface area contributed by atoms with E-state index >= 15 is 0 Å². The molecule has 0 unspecified atom stereocenters. The minimum atomic E-state index is -0.345. The number of nitrogens with one attached hydrogen (secondary N) is 1. The standard InChI is InChI=1S/C14H12ClFN2O/c15-14-6-5-12(9-18-14)17-8-7-13(19)10-1-3-11(16)4-2-10/h1-6,9,17H,7-8H2. The van der Waals surface area contributed by atoms with Gasteiger partial charge in [0.05, 0.1) is 11.9 Å². The van der Waals surface area contributed by atoms with Gasteiger partial charge in [0.1, 0.15) is 11.0 Å². The molecule has 0 amide bonds. The Morgan fingerprint density at radius 1 is 1.21 bits per heavy atom. The van der Waals surface area contributed by atoms with Crippen LogP contribution in [0.5, 0.6) is 0 Å². The normalized spacial score (nSPS) is 10.2. The second-order valence-electron chi connectivity index (χ2n) is 3.98. The van der Waals surface area contributed by atoms with Gasteiger partial charge in [-0.25, -0.2) is 9.37 Å². The SMILES string of the molecule is O=C(CCNc1ccc(Cl)nc1)c1ccc(F)cc1. The first-order valence-electron chi connectivity index (χ1n) is 5.79. The first-order valence-corrected chi connectivity index (χ1v) is 6.17. The highest BCUT2D eigenvalue weighted by molar-refractivity contribution is 6.29. The van der Waals surface area contributed by atoms with E-state index < -0.39 is 0 Å². The molecule has 1 aromatic carbocycles. The van der Waals surface area contributed by atoms with Crippen LogP contribution in [0.1, 0.15) is 16.8 Å². The van der Waals surface area contributed by atoms with Crippen LogP contribution < -0.4 is 5.32 Å². The zero-order valence-corrected chi connectivity index (χ0v) is 10.8. The first kappa shape index (κ1) is 13.5. The van der Waals surface area contributed by atoms with Gasteiger partial charge in [0.2, 0.25) is 0 Å². The maximum absolute atomic E-state index is 12.7. The van der Waals surface area contributed by atoms with E-state index in [2.05, 4.69) is 10.3 Å². The van der Waals surface area contributed by atoms with E-state index in [0.717, 1.165) is 5.69 Å². The smallest absolute Gasteiger partial charge is 0.164 e. The number of carbonyl (C=O) groups is 1. The fourth-order valence-electron chi connectivity index (χ4n) is 1.58. The Kier molecular flexibility index (Phi) is 4.47. The molecule has 0 fully saturated rings. The summed E-state index contributed by atoms with van der Waals surface area (Å²) in [6.07, 6.45) is 1.93. The molecule has 0 atom stereocenters. The maximum Gasteiger partial charge on any atom is 0.164 e. The lowest BCUT2D eigenvalue weighted by Gasteiger charge is -2.05. The third-order valence-electron chi connectivity index (χ3n) is 2.57. The quantitative estimate of drug-likeness (QED) is 0.672. The van der Waals surface area contributed by atoms with Crippen molar-refractivity contribution in [1.29, 1.82) is 0 Å². The fourth-order valence-corrected chi connectivity index (χ4v) is 1.69. The van der Waals surface area contributed by atoms with Gasteiger partial charge in [0.15, 0.2) is 5.78 Å². The number of Topliss-reactive ketones (excluding diaryl/α,β-unsaturated/α-hetero) is 1.